The van der Waals surface area contributed by atoms with Crippen LogP contribution in [-0.2, 0) is 11.4 Å². The first-order valence-corrected chi connectivity index (χ1v) is 10.3. The van der Waals surface area contributed by atoms with Gasteiger partial charge >= 0.3 is 0 Å². The van der Waals surface area contributed by atoms with E-state index in [1.54, 1.807) is 38.1 Å². The van der Waals surface area contributed by atoms with Gasteiger partial charge in [-0.25, -0.2) is 18.2 Å². The molecule has 0 unspecified atom stereocenters. The van der Waals surface area contributed by atoms with E-state index in [0.29, 0.717) is 29.5 Å². The van der Waals surface area contributed by atoms with E-state index in [2.05, 4.69) is 34.1 Å². The molecule has 180 valence electrons. The van der Waals surface area contributed by atoms with E-state index in [9.17, 15) is 23.1 Å². The number of aliphatic imine (C=N–C) groups is 1. The van der Waals surface area contributed by atoms with Crippen molar-refractivity contribution in [3.63, 3.8) is 0 Å². The lowest BCUT2D eigenvalue weighted by Crippen LogP contribution is -2.19. The van der Waals surface area contributed by atoms with E-state index in [4.69, 9.17) is 0 Å². The number of carbonyl (C=O) groups excluding carboxylic acids is 1. The summed E-state index contributed by atoms with van der Waals surface area (Å²) in [7, 11) is 0. The van der Waals surface area contributed by atoms with Crippen LogP contribution in [0.4, 0.5) is 30.2 Å². The monoisotopic (exact) mass is 472 g/mol. The highest BCUT2D eigenvalue weighted by molar-refractivity contribution is 6.01. The van der Waals surface area contributed by atoms with Crippen LogP contribution in [0.1, 0.15) is 25.0 Å². The molecule has 2 aromatic rings. The van der Waals surface area contributed by atoms with Gasteiger partial charge in [-0.3, -0.25) is 4.79 Å². The molecule has 9 heteroatoms. The lowest BCUT2D eigenvalue weighted by atomic mass is 10.1. The number of halogens is 3. The van der Waals surface area contributed by atoms with Crippen LogP contribution < -0.4 is 16.0 Å². The summed E-state index contributed by atoms with van der Waals surface area (Å²) in [5.74, 6) is -4.33. The molecule has 0 aliphatic rings. The minimum atomic E-state index is -3.29. The molecular formula is C25H27F3N4O2. The molecule has 1 amide bonds. The molecule has 4 N–H and O–H groups in total. The molecule has 2 aromatic carbocycles. The molecule has 6 nitrogen and oxygen atoms in total. The molecule has 0 bridgehead atoms. The molecule has 0 radical (unpaired) electrons. The second-order valence-electron chi connectivity index (χ2n) is 7.46. The number of benzene rings is 2. The van der Waals surface area contributed by atoms with E-state index in [0.717, 1.165) is 12.2 Å². The first-order valence-electron chi connectivity index (χ1n) is 10.3. The zero-order valence-electron chi connectivity index (χ0n) is 19.2. The van der Waals surface area contributed by atoms with Crippen molar-refractivity contribution in [2.75, 3.05) is 16.0 Å². The topological polar surface area (TPSA) is 85.8 Å². The number of para-hydroxylation sites is 2. The summed E-state index contributed by atoms with van der Waals surface area (Å²) in [6.45, 7) is 10.3. The average molecular weight is 473 g/mol. The maximum absolute atomic E-state index is 14.4. The Kier molecular flexibility index (Phi) is 8.80. The highest BCUT2D eigenvalue weighted by Crippen LogP contribution is 2.31. The molecular weight excluding hydrogens is 445 g/mol. The third-order valence-corrected chi connectivity index (χ3v) is 4.71. The van der Waals surface area contributed by atoms with Crippen LogP contribution >= 0.6 is 0 Å². The number of nitrogens with one attached hydrogen (secondary N) is 3. The van der Waals surface area contributed by atoms with Gasteiger partial charge in [0.1, 0.15) is 17.5 Å². The van der Waals surface area contributed by atoms with Crippen molar-refractivity contribution in [1.82, 2.24) is 0 Å². The number of nitrogens with zero attached hydrogens (tertiary/aromatic N) is 1. The quantitative estimate of drug-likeness (QED) is 0.162. The third kappa shape index (κ3) is 6.82. The van der Waals surface area contributed by atoms with Crippen LogP contribution in [0.5, 0.6) is 0 Å². The molecule has 0 saturated heterocycles. The van der Waals surface area contributed by atoms with Crippen molar-refractivity contribution in [2.24, 2.45) is 4.99 Å². The summed E-state index contributed by atoms with van der Waals surface area (Å²) in [4.78, 5) is 16.1. The second kappa shape index (κ2) is 11.3. The number of hydrogen-bond acceptors (Lipinski definition) is 4. The summed E-state index contributed by atoms with van der Waals surface area (Å²) in [5, 5.41) is 17.7. The summed E-state index contributed by atoms with van der Waals surface area (Å²) in [6.07, 6.45) is 2.08. The number of anilines is 3. The number of amides is 1. The van der Waals surface area contributed by atoms with E-state index in [1.807, 2.05) is 0 Å². The van der Waals surface area contributed by atoms with Gasteiger partial charge in [-0.1, -0.05) is 31.4 Å². The predicted octanol–water partition coefficient (Wildman–Crippen LogP) is 5.75. The third-order valence-electron chi connectivity index (χ3n) is 4.71. The first-order chi connectivity index (χ1) is 16.0. The molecule has 0 aliphatic carbocycles. The van der Waals surface area contributed by atoms with E-state index in [-0.39, 0.29) is 17.2 Å². The van der Waals surface area contributed by atoms with Crippen LogP contribution in [0.2, 0.25) is 0 Å². The standard InChI is InChI=1S/C25H27F3N4O2/c1-6-18(25(5,27)28)24(32-21-11-9-8-10-20(21)31-23(34)7-2)30-16(4)29-22-13-17(14-33)19(26)12-15(22)3/h6-13,32-33H,1-2,14H2,3-5H3,(H,29,30)(H,31,34)/b24-18-. The molecule has 0 aromatic heterocycles. The SMILES string of the molecule is C=CC(=O)Nc1ccccc1NC(/N=C(\C)Nc1cc(CO)c(F)cc1C)=C(/C=C)C(C)(F)F. The summed E-state index contributed by atoms with van der Waals surface area (Å²) < 4.78 is 42.6. The Morgan fingerprint density at radius 2 is 1.71 bits per heavy atom. The van der Waals surface area contributed by atoms with Crippen molar-refractivity contribution in [3.8, 4) is 0 Å². The molecule has 0 atom stereocenters. The summed E-state index contributed by atoms with van der Waals surface area (Å²) in [6, 6.07) is 9.18. The number of alkyl halides is 2. The Balaban J connectivity index is 2.53. The van der Waals surface area contributed by atoms with Crippen molar-refractivity contribution in [2.45, 2.75) is 33.3 Å². The lowest BCUT2D eigenvalue weighted by molar-refractivity contribution is -0.111. The number of carbonyl (C=O) groups is 1. The zero-order chi connectivity index (χ0) is 25.5. The van der Waals surface area contributed by atoms with Gasteiger partial charge in [0.05, 0.1) is 23.6 Å². The fourth-order valence-corrected chi connectivity index (χ4v) is 3.02. The molecule has 0 heterocycles. The number of amidine groups is 1. The molecule has 0 saturated carbocycles. The number of aliphatic hydroxyl groups is 1. The van der Waals surface area contributed by atoms with Gasteiger partial charge in [0.2, 0.25) is 5.91 Å². The predicted molar refractivity (Wildman–Crippen MR) is 131 cm³/mol. The lowest BCUT2D eigenvalue weighted by Gasteiger charge is -2.19. The van der Waals surface area contributed by atoms with Crippen molar-refractivity contribution in [1.29, 1.82) is 0 Å². The Labute approximate surface area is 196 Å². The van der Waals surface area contributed by atoms with Crippen LogP contribution in [0.15, 0.2) is 78.1 Å². The zero-order valence-corrected chi connectivity index (χ0v) is 19.2. The number of rotatable bonds is 9. The number of hydrogen-bond donors (Lipinski definition) is 4. The first kappa shape index (κ1) is 26.4. The fourth-order valence-electron chi connectivity index (χ4n) is 3.02. The molecule has 34 heavy (non-hydrogen) atoms. The minimum Gasteiger partial charge on any atom is -0.392 e. The Bertz CT molecular complexity index is 1150. The van der Waals surface area contributed by atoms with E-state index < -0.39 is 29.8 Å². The molecule has 0 fully saturated rings. The molecule has 0 spiro atoms. The van der Waals surface area contributed by atoms with Crippen molar-refractivity contribution < 1.29 is 23.1 Å². The second-order valence-corrected chi connectivity index (χ2v) is 7.46. The number of aryl methyl sites for hydroxylation is 1. The van der Waals surface area contributed by atoms with E-state index in [1.165, 1.54) is 12.1 Å². The van der Waals surface area contributed by atoms with Gasteiger partial charge in [0.25, 0.3) is 5.92 Å². The van der Waals surface area contributed by atoms with Gasteiger partial charge in [-0.15, -0.1) is 0 Å². The van der Waals surface area contributed by atoms with Crippen molar-refractivity contribution >= 4 is 28.8 Å². The highest BCUT2D eigenvalue weighted by Gasteiger charge is 2.29. The van der Waals surface area contributed by atoms with Gasteiger partial charge in [0.15, 0.2) is 0 Å². The number of allylic oxidation sites excluding steroid dienone is 2. The summed E-state index contributed by atoms with van der Waals surface area (Å²) >= 11 is 0. The summed E-state index contributed by atoms with van der Waals surface area (Å²) in [5.41, 5.74) is 1.22. The fraction of sp³-hybridized carbons (Fsp3) is 0.200. The Morgan fingerprint density at radius 3 is 2.24 bits per heavy atom. The van der Waals surface area contributed by atoms with E-state index >= 15 is 0 Å². The van der Waals surface area contributed by atoms with Crippen LogP contribution in [0, 0.1) is 12.7 Å². The van der Waals surface area contributed by atoms with Gasteiger partial charge < -0.3 is 21.1 Å². The average Bonchev–Trinajstić information content (AvgIpc) is 2.76. The highest BCUT2D eigenvalue weighted by atomic mass is 19.3. The van der Waals surface area contributed by atoms with Crippen LogP contribution in [0.25, 0.3) is 0 Å². The minimum absolute atomic E-state index is 0.0774. The van der Waals surface area contributed by atoms with Crippen molar-refractivity contribution in [3.05, 3.63) is 90.0 Å². The van der Waals surface area contributed by atoms with Crippen LogP contribution in [-0.4, -0.2) is 22.8 Å². The maximum Gasteiger partial charge on any atom is 0.274 e. The maximum atomic E-state index is 14.4. The molecule has 2 rings (SSSR count). The van der Waals surface area contributed by atoms with Gasteiger partial charge in [-0.05, 0) is 49.8 Å². The Hall–Kier alpha value is -3.85. The van der Waals surface area contributed by atoms with Crippen LogP contribution in [0.3, 0.4) is 0 Å². The molecule has 0 aliphatic heterocycles. The smallest absolute Gasteiger partial charge is 0.274 e. The van der Waals surface area contributed by atoms with Gasteiger partial charge in [0, 0.05) is 18.2 Å². The van der Waals surface area contributed by atoms with Gasteiger partial charge in [-0.2, -0.15) is 0 Å². The normalized spacial score (nSPS) is 12.5. The number of aliphatic hydroxyl groups excluding tert-OH is 1. The Morgan fingerprint density at radius 1 is 1.09 bits per heavy atom. The largest absolute Gasteiger partial charge is 0.392 e.